The monoisotopic (exact) mass is 1150 g/mol. The summed E-state index contributed by atoms with van der Waals surface area (Å²) in [6.45, 7) is 20.6. The van der Waals surface area contributed by atoms with Crippen LogP contribution in [0.2, 0.25) is 0 Å². The number of hydrogen-bond donors (Lipinski definition) is 7. The molecule has 1 heterocycles. The van der Waals surface area contributed by atoms with Crippen molar-refractivity contribution in [1.29, 1.82) is 0 Å². The number of carbonyl (C=O) groups is 4. The highest BCUT2D eigenvalue weighted by Gasteiger charge is 2.75. The topological polar surface area (TPSA) is 263 Å². The minimum atomic E-state index is -1.98. The van der Waals surface area contributed by atoms with Gasteiger partial charge in [-0.2, -0.15) is 0 Å². The minimum Gasteiger partial charge on any atom is -0.466 e. The first kappa shape index (κ1) is 65.1. The zero-order valence-electron chi connectivity index (χ0n) is 50.6. The molecule has 456 valence electrons. The predicted octanol–water partition coefficient (Wildman–Crippen LogP) is 9.78. The minimum absolute atomic E-state index is 0.0676. The number of fused-ring (bicyclic) bond motifs is 6. The van der Waals surface area contributed by atoms with Crippen molar-refractivity contribution in [2.24, 2.45) is 51.8 Å². The van der Waals surface area contributed by atoms with E-state index in [1.807, 2.05) is 13.8 Å². The van der Waals surface area contributed by atoms with Gasteiger partial charge in [-0.15, -0.1) is 0 Å². The van der Waals surface area contributed by atoms with E-state index >= 15 is 4.39 Å². The number of nitro benzene ring substituents is 1. The number of nitro groups is 1. The Kier molecular flexibility index (Phi) is 19.5. The third-order valence-electron chi connectivity index (χ3n) is 21.2. The van der Waals surface area contributed by atoms with Crippen LogP contribution in [0.4, 0.5) is 10.1 Å². The van der Waals surface area contributed by atoms with Crippen LogP contribution in [-0.4, -0.2) is 115 Å². The number of rotatable bonds is 12. The zero-order chi connectivity index (χ0) is 61.5. The molecule has 0 bridgehead atoms. The summed E-state index contributed by atoms with van der Waals surface area (Å²) in [5, 5.41) is 76.6. The third-order valence-corrected chi connectivity index (χ3v) is 21.2. The lowest BCUT2D eigenvalue weighted by Gasteiger charge is -2.62. The van der Waals surface area contributed by atoms with E-state index in [-0.39, 0.29) is 40.5 Å². The summed E-state index contributed by atoms with van der Waals surface area (Å²) in [7, 11) is 2.42. The molecule has 1 aliphatic heterocycles. The molecule has 0 radical (unpaired) electrons. The fourth-order valence-electron chi connectivity index (χ4n) is 17.0. The molecule has 1 aromatic rings. The Bertz CT molecular complexity index is 2880. The van der Waals surface area contributed by atoms with E-state index < -0.39 is 93.0 Å². The van der Waals surface area contributed by atoms with Crippen molar-refractivity contribution in [3.8, 4) is 0 Å². The van der Waals surface area contributed by atoms with Gasteiger partial charge in [0, 0.05) is 46.2 Å². The summed E-state index contributed by atoms with van der Waals surface area (Å²) in [4.78, 5) is 60.0. The number of para-hydroxylation sites is 1. The van der Waals surface area contributed by atoms with Crippen LogP contribution in [0.5, 0.6) is 0 Å². The second kappa shape index (κ2) is 24.9. The number of alkyl halides is 1. The predicted molar refractivity (Wildman–Crippen MR) is 312 cm³/mol. The quantitative estimate of drug-likeness (QED) is 0.0583. The number of allylic oxidation sites excluding steroid dienone is 9. The molecular weight excluding hydrogens is 1060 g/mol. The molecule has 6 saturated carbocycles. The molecule has 0 amide bonds. The van der Waals surface area contributed by atoms with Gasteiger partial charge in [0.15, 0.2) is 17.2 Å². The van der Waals surface area contributed by atoms with Gasteiger partial charge >= 0.3 is 11.9 Å². The molecule has 0 saturated heterocycles. The average Bonchev–Trinajstić information content (AvgIpc) is 1.80. The summed E-state index contributed by atoms with van der Waals surface area (Å²) >= 11 is 0. The second-order valence-electron chi connectivity index (χ2n) is 26.5. The van der Waals surface area contributed by atoms with Crippen LogP contribution in [0.1, 0.15) is 164 Å². The van der Waals surface area contributed by atoms with Crippen molar-refractivity contribution in [2.45, 2.75) is 193 Å². The zero-order valence-corrected chi connectivity index (χ0v) is 50.6. The van der Waals surface area contributed by atoms with Gasteiger partial charge in [-0.05, 0) is 164 Å². The third kappa shape index (κ3) is 11.8. The summed E-state index contributed by atoms with van der Waals surface area (Å²) < 4.78 is 26.5. The van der Waals surface area contributed by atoms with Gasteiger partial charge in [0.1, 0.15) is 12.2 Å². The highest BCUT2D eigenvalue weighted by atomic mass is 19.1. The van der Waals surface area contributed by atoms with Gasteiger partial charge in [-0.1, -0.05) is 94.7 Å². The van der Waals surface area contributed by atoms with Gasteiger partial charge in [0.2, 0.25) is 0 Å². The summed E-state index contributed by atoms with van der Waals surface area (Å²) in [5.41, 5.74) is -0.810. The molecular formula is C66H91FN2O14. The van der Waals surface area contributed by atoms with Crippen LogP contribution in [-0.2, 0) is 28.7 Å². The van der Waals surface area contributed by atoms with Crippen LogP contribution < -0.4 is 5.32 Å². The smallest absolute Gasteiger partial charge is 0.336 e. The molecule has 14 atom stereocenters. The van der Waals surface area contributed by atoms with Gasteiger partial charge in [-0.25, -0.2) is 14.0 Å². The van der Waals surface area contributed by atoms with Crippen LogP contribution in [0.15, 0.2) is 106 Å². The number of hydrogen-bond acceptors (Lipinski definition) is 15. The first-order valence-electron chi connectivity index (χ1n) is 29.7. The summed E-state index contributed by atoms with van der Waals surface area (Å²) in [6, 6.07) is 5.97. The number of halogens is 1. The lowest BCUT2D eigenvalue weighted by atomic mass is 9.44. The lowest BCUT2D eigenvalue weighted by Crippen LogP contribution is -2.69. The van der Waals surface area contributed by atoms with E-state index in [2.05, 4.69) is 37.9 Å². The fourth-order valence-corrected chi connectivity index (χ4v) is 17.0. The van der Waals surface area contributed by atoms with Gasteiger partial charge in [0.05, 0.1) is 60.1 Å². The molecule has 1 aromatic carbocycles. The molecule has 16 nitrogen and oxygen atoms in total. The molecule has 8 aliphatic rings. The maximum Gasteiger partial charge on any atom is 0.336 e. The molecule has 0 spiro atoms. The number of Topliss-reactive ketones (excluding diaryl/α,β-unsaturated/α-hetero) is 1. The van der Waals surface area contributed by atoms with Crippen LogP contribution >= 0.6 is 0 Å². The highest BCUT2D eigenvalue weighted by Crippen LogP contribution is 2.71. The van der Waals surface area contributed by atoms with E-state index in [1.54, 1.807) is 52.3 Å². The number of methoxy groups -OCH3 is 2. The largest absolute Gasteiger partial charge is 0.466 e. The van der Waals surface area contributed by atoms with Crippen molar-refractivity contribution >= 4 is 29.2 Å². The van der Waals surface area contributed by atoms with Crippen molar-refractivity contribution in [1.82, 2.24) is 5.32 Å². The molecule has 0 aromatic heterocycles. The molecule has 7 aliphatic carbocycles. The van der Waals surface area contributed by atoms with Crippen molar-refractivity contribution < 1.29 is 68.6 Å². The van der Waals surface area contributed by atoms with E-state index in [4.69, 9.17) is 9.47 Å². The Morgan fingerprint density at radius 3 is 2.22 bits per heavy atom. The molecule has 83 heavy (non-hydrogen) atoms. The Morgan fingerprint density at radius 2 is 1.61 bits per heavy atom. The van der Waals surface area contributed by atoms with E-state index in [0.717, 1.165) is 29.9 Å². The summed E-state index contributed by atoms with van der Waals surface area (Å²) in [6.07, 6.45) is 18.3. The molecule has 7 N–H and O–H groups in total. The van der Waals surface area contributed by atoms with E-state index in [1.165, 1.54) is 83.1 Å². The second-order valence-corrected chi connectivity index (χ2v) is 26.5. The van der Waals surface area contributed by atoms with E-state index in [0.29, 0.717) is 66.3 Å². The Labute approximate surface area is 488 Å². The van der Waals surface area contributed by atoms with Gasteiger partial charge in [-0.3, -0.25) is 19.7 Å². The normalized spacial score (nSPS) is 36.2. The number of benzene rings is 1. The number of carbonyl (C=O) groups excluding carboxylic acids is 4. The SMILES string of the molecule is C=C1/C(=C\C=C2/CCC[C@]3(C)[C@@H]([C@H](C)CCCC(C)(C)O)CC[C@@H]23)C[C@@H](O)C[C@@H]1O.COC(=O)C1=C(C)NC(C)=C(C(=O)OC)C1c1ccccc1[N+](=O)[O-].C[C@@H]1C[C@H]2[C@@H]3CCC4=CC(=O)C=C[C@]4(C)[C@@]3(F)[C@@H](O)C[C@]2(C)[C@@]1(O)C(=O)CO. The number of ether oxygens (including phenoxy) is 2. The number of esters is 2. The highest BCUT2D eigenvalue weighted by molar-refractivity contribution is 6.01. The lowest BCUT2D eigenvalue weighted by molar-refractivity contribution is -0.385. The number of nitrogens with zero attached hydrogens (tertiary/aromatic N) is 1. The Balaban J connectivity index is 0.000000180. The van der Waals surface area contributed by atoms with Gasteiger partial charge in [0.25, 0.3) is 5.69 Å². The molecule has 0 unspecified atom stereocenters. The number of dihydropyridines is 1. The first-order valence-corrected chi connectivity index (χ1v) is 29.7. The molecule has 9 rings (SSSR count). The van der Waals surface area contributed by atoms with Crippen molar-refractivity contribution in [2.75, 3.05) is 20.8 Å². The maximum atomic E-state index is 16.9. The molecule has 6 fully saturated rings. The summed E-state index contributed by atoms with van der Waals surface area (Å²) in [5.74, 6) is -2.34. The Morgan fingerprint density at radius 1 is 0.976 bits per heavy atom. The average molecular weight is 1160 g/mol. The number of aliphatic hydroxyl groups is 6. The van der Waals surface area contributed by atoms with Crippen LogP contribution in [0.25, 0.3) is 0 Å². The number of aliphatic hydroxyl groups excluding tert-OH is 4. The van der Waals surface area contributed by atoms with Crippen LogP contribution in [0.3, 0.4) is 0 Å². The Hall–Kier alpha value is -5.43. The number of ketones is 2. The molecule has 17 heteroatoms. The van der Waals surface area contributed by atoms with E-state index in [9.17, 15) is 59.9 Å². The standard InChI is InChI=1S/C27H44O3.C22H29FO5.C17H18N2O6/c1-18(8-6-14-26(3,4)30)23-12-13-24-20(9-7-15-27(23,24)5)10-11-21-16-22(28)17-25(29)19(21)2;1-12-8-16-15-5-4-13-9-14(25)6-7-19(13,2)21(15,23)17(26)10-20(16,3)22(12,28)18(27)11-24;1-9-13(16(20)24-3)15(14(10(2)18-9)17(21)25-4)11-7-5-6-8-12(11)19(22)23/h10-11,18,22-25,28-30H,2,6-9,12-17H2,1,3-5H3;6-7,9,12,15-17,24,26,28H,4-5,8,10-11H2,1-3H3;5-8,15,18H,1-4H3/b20-10+,21-11-;;/t18-,22-,23-,24+,25+,27-;12-,15+,16+,17+,19+,20+,21+,22+;/m11./s1. The first-order chi connectivity index (χ1) is 38.8. The number of nitrogens with one attached hydrogen (secondary N) is 1. The van der Waals surface area contributed by atoms with Crippen molar-refractivity contribution in [3.63, 3.8) is 0 Å². The van der Waals surface area contributed by atoms with Crippen LogP contribution in [0, 0.1) is 61.9 Å². The fraction of sp³-hybridized carbons (Fsp3) is 0.636. The van der Waals surface area contributed by atoms with Gasteiger partial charge < -0.3 is 45.4 Å². The van der Waals surface area contributed by atoms with Crippen molar-refractivity contribution in [3.05, 3.63) is 122 Å². The maximum absolute atomic E-state index is 16.9.